The maximum atomic E-state index is 9.90. The highest BCUT2D eigenvalue weighted by atomic mass is 35.5. The Morgan fingerprint density at radius 2 is 1.84 bits per heavy atom. The van der Waals surface area contributed by atoms with Crippen LogP contribution in [0.5, 0.6) is 17.2 Å². The summed E-state index contributed by atoms with van der Waals surface area (Å²) in [5.74, 6) is -1.28. The summed E-state index contributed by atoms with van der Waals surface area (Å²) in [6, 6.07) is 10.8. The maximum Gasteiger partial charge on any atom is 0.414 e. The van der Waals surface area contributed by atoms with E-state index in [1.165, 1.54) is 0 Å². The average molecular weight is 448 g/mol. The Balaban J connectivity index is 0.000000401. The predicted octanol–water partition coefficient (Wildman–Crippen LogP) is 2.94. The molecule has 2 heterocycles. The zero-order valence-corrected chi connectivity index (χ0v) is 17.0. The van der Waals surface area contributed by atoms with Crippen LogP contribution >= 0.6 is 11.6 Å². The first-order valence-electron chi connectivity index (χ1n) is 8.85. The Morgan fingerprint density at radius 1 is 1.13 bits per heavy atom. The molecule has 0 bridgehead atoms. The highest BCUT2D eigenvalue weighted by Crippen LogP contribution is 2.36. The summed E-state index contributed by atoms with van der Waals surface area (Å²) >= 11 is 5.98. The third kappa shape index (κ3) is 5.17. The number of anilines is 1. The summed E-state index contributed by atoms with van der Waals surface area (Å²) in [6.07, 6.45) is 1.79. The fourth-order valence-corrected chi connectivity index (χ4v) is 2.96. The lowest BCUT2D eigenvalue weighted by Gasteiger charge is -2.10. The second kappa shape index (κ2) is 9.26. The Kier molecular flexibility index (Phi) is 6.51. The Bertz CT molecular complexity index is 1120. The number of halogens is 1. The number of aromatic nitrogens is 2. The van der Waals surface area contributed by atoms with Gasteiger partial charge in [0.15, 0.2) is 11.5 Å². The van der Waals surface area contributed by atoms with Crippen molar-refractivity contribution in [2.45, 2.75) is 6.54 Å². The minimum absolute atomic E-state index is 0.196. The number of ether oxygens (including phenoxy) is 2. The van der Waals surface area contributed by atoms with Gasteiger partial charge in [-0.25, -0.2) is 14.6 Å². The molecule has 3 aromatic rings. The summed E-state index contributed by atoms with van der Waals surface area (Å²) in [5.41, 5.74) is 2.63. The van der Waals surface area contributed by atoms with E-state index in [0.29, 0.717) is 23.1 Å². The molecular formula is C20H18ClN3O7. The topological polar surface area (TPSA) is 143 Å². The van der Waals surface area contributed by atoms with Gasteiger partial charge in [0.05, 0.1) is 11.9 Å². The lowest BCUT2D eigenvalue weighted by Crippen LogP contribution is -2.09. The first-order valence-corrected chi connectivity index (χ1v) is 9.23. The van der Waals surface area contributed by atoms with E-state index in [1.807, 2.05) is 29.8 Å². The number of fused-ring (bicyclic) bond motifs is 1. The molecule has 0 amide bonds. The van der Waals surface area contributed by atoms with Crippen LogP contribution in [-0.4, -0.2) is 43.6 Å². The lowest BCUT2D eigenvalue weighted by atomic mass is 10.1. The molecule has 4 N–H and O–H groups in total. The molecule has 0 unspecified atom stereocenters. The third-order valence-electron chi connectivity index (χ3n) is 4.32. The Hall–Kier alpha value is -3.92. The number of aliphatic carboxylic acids is 2. The van der Waals surface area contributed by atoms with E-state index in [9.17, 15) is 5.11 Å². The number of hydrogen-bond donors (Lipinski definition) is 4. The molecule has 0 saturated carbocycles. The first kappa shape index (κ1) is 21.8. The van der Waals surface area contributed by atoms with Gasteiger partial charge in [0.25, 0.3) is 0 Å². The van der Waals surface area contributed by atoms with Gasteiger partial charge in [0, 0.05) is 29.7 Å². The number of carbonyl (C=O) groups is 2. The number of phenolic OH excluding ortho intramolecular Hbond substituents is 1. The van der Waals surface area contributed by atoms with E-state index in [1.54, 1.807) is 24.4 Å². The number of benzene rings is 2. The molecule has 0 saturated heterocycles. The van der Waals surface area contributed by atoms with Crippen LogP contribution in [0.3, 0.4) is 0 Å². The van der Waals surface area contributed by atoms with Crippen molar-refractivity contribution in [3.8, 4) is 28.5 Å². The fraction of sp³-hybridized carbons (Fsp3) is 0.150. The average Bonchev–Trinajstić information content (AvgIpc) is 3.35. The second-order valence-corrected chi connectivity index (χ2v) is 6.77. The van der Waals surface area contributed by atoms with E-state index in [0.717, 1.165) is 22.8 Å². The number of imidazole rings is 1. The van der Waals surface area contributed by atoms with Gasteiger partial charge in [-0.2, -0.15) is 0 Å². The smallest absolute Gasteiger partial charge is 0.414 e. The quantitative estimate of drug-likeness (QED) is 0.444. The molecule has 31 heavy (non-hydrogen) atoms. The van der Waals surface area contributed by atoms with Gasteiger partial charge < -0.3 is 34.7 Å². The lowest BCUT2D eigenvalue weighted by molar-refractivity contribution is -0.159. The zero-order valence-electron chi connectivity index (χ0n) is 16.2. The number of rotatable bonds is 4. The van der Waals surface area contributed by atoms with Crippen molar-refractivity contribution in [3.05, 3.63) is 53.2 Å². The van der Waals surface area contributed by atoms with E-state index < -0.39 is 11.9 Å². The summed E-state index contributed by atoms with van der Waals surface area (Å²) in [4.78, 5) is 22.6. The number of carboxylic acid groups (broad SMARTS) is 2. The van der Waals surface area contributed by atoms with E-state index in [4.69, 9.17) is 40.9 Å². The van der Waals surface area contributed by atoms with Crippen LogP contribution in [-0.2, 0) is 23.2 Å². The number of aromatic hydroxyl groups is 1. The second-order valence-electron chi connectivity index (χ2n) is 6.33. The summed E-state index contributed by atoms with van der Waals surface area (Å²) < 4.78 is 12.7. The highest BCUT2D eigenvalue weighted by molar-refractivity contribution is 6.30. The Labute approximate surface area is 181 Å². The van der Waals surface area contributed by atoms with Crippen molar-refractivity contribution in [2.24, 2.45) is 7.05 Å². The number of hydrogen-bond acceptors (Lipinski definition) is 7. The summed E-state index contributed by atoms with van der Waals surface area (Å²) in [7, 11) is 1.92. The van der Waals surface area contributed by atoms with Crippen LogP contribution in [0.2, 0.25) is 5.02 Å². The third-order valence-corrected chi connectivity index (χ3v) is 4.55. The van der Waals surface area contributed by atoms with Gasteiger partial charge in [-0.05, 0) is 36.4 Å². The molecule has 0 atom stereocenters. The van der Waals surface area contributed by atoms with Crippen LogP contribution in [0.25, 0.3) is 11.3 Å². The molecule has 11 heteroatoms. The van der Waals surface area contributed by atoms with Crippen LogP contribution in [0.1, 0.15) is 5.56 Å². The molecule has 162 valence electrons. The van der Waals surface area contributed by atoms with Crippen molar-refractivity contribution >= 4 is 29.5 Å². The summed E-state index contributed by atoms with van der Waals surface area (Å²) in [5, 5.41) is 28.5. The first-order chi connectivity index (χ1) is 14.8. The standard InChI is InChI=1S/C18H16ClN3O3.C2H2O4/c1-22-14(11-2-5-16-17(7-11)25-10-24-16)9-21-18(22)20-8-12-6-13(19)3-4-15(12)23;3-1(4)2(5)6/h2-7,9,23H,8,10H2,1H3,(H,20,21);(H,3,4)(H,5,6). The van der Waals surface area contributed by atoms with E-state index >= 15 is 0 Å². The summed E-state index contributed by atoms with van der Waals surface area (Å²) in [6.45, 7) is 0.665. The minimum atomic E-state index is -1.82. The molecule has 1 aliphatic rings. The van der Waals surface area contributed by atoms with Gasteiger partial charge in [0.1, 0.15) is 5.75 Å². The normalized spacial score (nSPS) is 11.4. The van der Waals surface area contributed by atoms with Crippen molar-refractivity contribution < 1.29 is 34.4 Å². The van der Waals surface area contributed by atoms with Gasteiger partial charge in [-0.3, -0.25) is 0 Å². The molecule has 4 rings (SSSR count). The van der Waals surface area contributed by atoms with Gasteiger partial charge in [-0.1, -0.05) is 11.6 Å². The largest absolute Gasteiger partial charge is 0.508 e. The maximum absolute atomic E-state index is 9.90. The molecule has 0 spiro atoms. The molecule has 2 aromatic carbocycles. The highest BCUT2D eigenvalue weighted by Gasteiger charge is 2.16. The van der Waals surface area contributed by atoms with Crippen LogP contribution in [0.4, 0.5) is 5.95 Å². The van der Waals surface area contributed by atoms with Crippen molar-refractivity contribution in [1.82, 2.24) is 9.55 Å². The molecule has 0 radical (unpaired) electrons. The molecule has 10 nitrogen and oxygen atoms in total. The number of nitrogens with one attached hydrogen (secondary N) is 1. The molecule has 0 fully saturated rings. The molecule has 1 aromatic heterocycles. The number of phenols is 1. The van der Waals surface area contributed by atoms with Gasteiger partial charge in [-0.15, -0.1) is 0 Å². The minimum Gasteiger partial charge on any atom is -0.508 e. The number of nitrogens with zero attached hydrogens (tertiary/aromatic N) is 2. The van der Waals surface area contributed by atoms with Crippen molar-refractivity contribution in [1.29, 1.82) is 0 Å². The molecular weight excluding hydrogens is 430 g/mol. The Morgan fingerprint density at radius 3 is 2.55 bits per heavy atom. The van der Waals surface area contributed by atoms with Gasteiger partial charge >= 0.3 is 11.9 Å². The molecule has 0 aliphatic carbocycles. The van der Waals surface area contributed by atoms with E-state index in [-0.39, 0.29) is 12.5 Å². The monoisotopic (exact) mass is 447 g/mol. The van der Waals surface area contributed by atoms with Crippen molar-refractivity contribution in [3.63, 3.8) is 0 Å². The number of carboxylic acids is 2. The zero-order chi connectivity index (χ0) is 22.5. The van der Waals surface area contributed by atoms with Crippen molar-refractivity contribution in [2.75, 3.05) is 12.1 Å². The SMILES string of the molecule is Cn1c(-c2ccc3c(c2)OCO3)cnc1NCc1cc(Cl)ccc1O.O=C(O)C(=O)O. The van der Waals surface area contributed by atoms with Crippen LogP contribution in [0, 0.1) is 0 Å². The van der Waals surface area contributed by atoms with Gasteiger partial charge in [0.2, 0.25) is 12.7 Å². The van der Waals surface area contributed by atoms with Crippen LogP contribution < -0.4 is 14.8 Å². The molecule has 1 aliphatic heterocycles. The van der Waals surface area contributed by atoms with E-state index in [2.05, 4.69) is 10.3 Å². The van der Waals surface area contributed by atoms with Crippen LogP contribution in [0.15, 0.2) is 42.6 Å². The fourth-order valence-electron chi connectivity index (χ4n) is 2.77. The predicted molar refractivity (Wildman–Crippen MR) is 110 cm³/mol.